The van der Waals surface area contributed by atoms with Crippen LogP contribution in [0, 0.1) is 18.3 Å². The van der Waals surface area contributed by atoms with Gasteiger partial charge in [0, 0.05) is 19.8 Å². The van der Waals surface area contributed by atoms with E-state index in [1.165, 1.54) is 26.2 Å². The van der Waals surface area contributed by atoms with Gasteiger partial charge < -0.3 is 10.1 Å². The molecule has 27 heavy (non-hydrogen) atoms. The number of hydrogen-bond donors (Lipinski definition) is 1. The smallest absolute Gasteiger partial charge is 0.265 e. The summed E-state index contributed by atoms with van der Waals surface area (Å²) in [6, 6.07) is 13.2. The van der Waals surface area contributed by atoms with Crippen LogP contribution in [-0.2, 0) is 14.8 Å². The summed E-state index contributed by atoms with van der Waals surface area (Å²) in [5.74, 6) is -0.145. The van der Waals surface area contributed by atoms with Crippen LogP contribution in [0.2, 0.25) is 0 Å². The Hall–Kier alpha value is -2.89. The number of hydrogen-bond acceptors (Lipinski definition) is 5. The van der Waals surface area contributed by atoms with Gasteiger partial charge in [0.1, 0.15) is 11.8 Å². The van der Waals surface area contributed by atoms with Gasteiger partial charge in [0.05, 0.1) is 10.5 Å². The van der Waals surface area contributed by atoms with E-state index >= 15 is 0 Å². The third-order valence-corrected chi connectivity index (χ3v) is 5.74. The Bertz CT molecular complexity index is 994. The second-order valence-electron chi connectivity index (χ2n) is 6.12. The molecule has 2 aromatic carbocycles. The van der Waals surface area contributed by atoms with Gasteiger partial charge in [-0.15, -0.1) is 0 Å². The molecule has 0 saturated carbocycles. The van der Waals surface area contributed by atoms with E-state index in [4.69, 9.17) is 10.00 Å². The number of nitriles is 1. The Kier molecular flexibility index (Phi) is 6.20. The molecule has 0 radical (unpaired) electrons. The van der Waals surface area contributed by atoms with Gasteiger partial charge in [-0.3, -0.25) is 4.79 Å². The second-order valence-corrected chi connectivity index (χ2v) is 8.27. The molecule has 0 saturated heterocycles. The van der Waals surface area contributed by atoms with Crippen molar-refractivity contribution in [3.05, 3.63) is 53.6 Å². The first-order valence-corrected chi connectivity index (χ1v) is 9.60. The van der Waals surface area contributed by atoms with E-state index in [2.05, 4.69) is 5.32 Å². The molecule has 1 amide bonds. The Morgan fingerprint density at radius 3 is 2.52 bits per heavy atom. The van der Waals surface area contributed by atoms with E-state index < -0.39 is 22.0 Å². The minimum Gasteiger partial charge on any atom is -0.480 e. The van der Waals surface area contributed by atoms with Crippen molar-refractivity contribution in [2.24, 2.45) is 0 Å². The maximum atomic E-state index is 12.5. The standard InChI is InChI=1S/C19H21N3O4S/c1-13-9-10-16(27(24,25)22(3)4)11-17(13)21-19(23)14(2)26-18-8-6-5-7-15(18)12-20/h5-11,14H,1-4H3,(H,21,23)/t14-/m0/s1. The first kappa shape index (κ1) is 20.4. The van der Waals surface area contributed by atoms with Crippen LogP contribution in [-0.4, -0.2) is 38.8 Å². The van der Waals surface area contributed by atoms with Crippen LogP contribution in [0.4, 0.5) is 5.69 Å². The van der Waals surface area contributed by atoms with Gasteiger partial charge in [0.15, 0.2) is 6.10 Å². The fourth-order valence-electron chi connectivity index (χ4n) is 2.25. The van der Waals surface area contributed by atoms with Gasteiger partial charge in [-0.25, -0.2) is 12.7 Å². The fraction of sp³-hybridized carbons (Fsp3) is 0.263. The van der Waals surface area contributed by atoms with E-state index in [0.29, 0.717) is 22.6 Å². The van der Waals surface area contributed by atoms with Gasteiger partial charge in [0.2, 0.25) is 10.0 Å². The predicted octanol–water partition coefficient (Wildman–Crippen LogP) is 2.52. The number of sulfonamides is 1. The van der Waals surface area contributed by atoms with Crippen molar-refractivity contribution in [1.82, 2.24) is 4.31 Å². The molecule has 142 valence electrons. The average Bonchev–Trinajstić information content (AvgIpc) is 2.63. The highest BCUT2D eigenvalue weighted by atomic mass is 32.2. The second kappa shape index (κ2) is 8.20. The molecule has 1 N–H and O–H groups in total. The zero-order valence-electron chi connectivity index (χ0n) is 15.6. The van der Waals surface area contributed by atoms with Crippen molar-refractivity contribution < 1.29 is 17.9 Å². The number of benzene rings is 2. The maximum absolute atomic E-state index is 12.5. The van der Waals surface area contributed by atoms with Crippen molar-refractivity contribution in [1.29, 1.82) is 5.26 Å². The van der Waals surface area contributed by atoms with Gasteiger partial charge in [-0.05, 0) is 43.7 Å². The SMILES string of the molecule is Cc1ccc(S(=O)(=O)N(C)C)cc1NC(=O)[C@H](C)Oc1ccccc1C#N. The zero-order chi connectivity index (χ0) is 20.2. The van der Waals surface area contributed by atoms with Crippen molar-refractivity contribution in [2.45, 2.75) is 24.8 Å². The summed E-state index contributed by atoms with van der Waals surface area (Å²) in [6.07, 6.45) is -0.881. The summed E-state index contributed by atoms with van der Waals surface area (Å²) >= 11 is 0. The lowest BCUT2D eigenvalue weighted by molar-refractivity contribution is -0.122. The Labute approximate surface area is 159 Å². The molecule has 0 spiro atoms. The number of rotatable bonds is 6. The average molecular weight is 387 g/mol. The van der Waals surface area contributed by atoms with Crippen LogP contribution < -0.4 is 10.1 Å². The highest BCUT2D eigenvalue weighted by molar-refractivity contribution is 7.89. The maximum Gasteiger partial charge on any atom is 0.265 e. The third kappa shape index (κ3) is 4.64. The summed E-state index contributed by atoms with van der Waals surface area (Å²) in [5, 5.41) is 11.8. The molecule has 0 heterocycles. The molecule has 0 aliphatic heterocycles. The minimum absolute atomic E-state index is 0.0804. The predicted molar refractivity (Wildman–Crippen MR) is 102 cm³/mol. The molecule has 8 heteroatoms. The van der Waals surface area contributed by atoms with Gasteiger partial charge in [0.25, 0.3) is 5.91 Å². The number of para-hydroxylation sites is 1. The highest BCUT2D eigenvalue weighted by Crippen LogP contribution is 2.23. The summed E-state index contributed by atoms with van der Waals surface area (Å²) in [6.45, 7) is 3.32. The van der Waals surface area contributed by atoms with Crippen molar-refractivity contribution in [3.8, 4) is 11.8 Å². The normalized spacial score (nSPS) is 12.3. The molecule has 0 aromatic heterocycles. The number of ether oxygens (including phenoxy) is 1. The third-order valence-electron chi connectivity index (χ3n) is 3.93. The lowest BCUT2D eigenvalue weighted by atomic mass is 10.2. The number of nitrogens with one attached hydrogen (secondary N) is 1. The molecular weight excluding hydrogens is 366 g/mol. The van der Waals surface area contributed by atoms with E-state index in [9.17, 15) is 13.2 Å². The zero-order valence-corrected chi connectivity index (χ0v) is 16.4. The van der Waals surface area contributed by atoms with Crippen molar-refractivity contribution in [3.63, 3.8) is 0 Å². The van der Waals surface area contributed by atoms with Gasteiger partial charge in [-0.1, -0.05) is 18.2 Å². The molecule has 1 atom stereocenters. The molecule has 2 rings (SSSR count). The van der Waals surface area contributed by atoms with E-state index in [-0.39, 0.29) is 4.90 Å². The molecular formula is C19H21N3O4S. The van der Waals surface area contributed by atoms with E-state index in [1.54, 1.807) is 44.2 Å². The summed E-state index contributed by atoms with van der Waals surface area (Å²) in [4.78, 5) is 12.6. The highest BCUT2D eigenvalue weighted by Gasteiger charge is 2.21. The van der Waals surface area contributed by atoms with Gasteiger partial charge in [-0.2, -0.15) is 5.26 Å². The number of aryl methyl sites for hydroxylation is 1. The molecule has 0 aliphatic rings. The fourth-order valence-corrected chi connectivity index (χ4v) is 3.18. The number of carbonyl (C=O) groups is 1. The number of amides is 1. The first-order chi connectivity index (χ1) is 12.7. The van der Waals surface area contributed by atoms with Crippen LogP contribution in [0.1, 0.15) is 18.1 Å². The van der Waals surface area contributed by atoms with E-state index in [1.807, 2.05) is 6.07 Å². The van der Waals surface area contributed by atoms with Crippen molar-refractivity contribution >= 4 is 21.6 Å². The summed E-state index contributed by atoms with van der Waals surface area (Å²) in [7, 11) is -0.734. The summed E-state index contributed by atoms with van der Waals surface area (Å²) in [5.41, 5.74) is 1.42. The first-order valence-electron chi connectivity index (χ1n) is 8.16. The van der Waals surface area contributed by atoms with Crippen LogP contribution in [0.3, 0.4) is 0 Å². The molecule has 7 nitrogen and oxygen atoms in total. The van der Waals surface area contributed by atoms with Crippen LogP contribution in [0.15, 0.2) is 47.4 Å². The molecule has 2 aromatic rings. The number of anilines is 1. The lowest BCUT2D eigenvalue weighted by Crippen LogP contribution is -2.30. The molecule has 0 fully saturated rings. The molecule has 0 aliphatic carbocycles. The quantitative estimate of drug-likeness (QED) is 0.821. The summed E-state index contributed by atoms with van der Waals surface area (Å²) < 4.78 is 31.3. The Balaban J connectivity index is 2.21. The Morgan fingerprint density at radius 2 is 1.89 bits per heavy atom. The monoisotopic (exact) mass is 387 g/mol. The number of nitrogens with zero attached hydrogens (tertiary/aromatic N) is 2. The van der Waals surface area contributed by atoms with Crippen LogP contribution in [0.25, 0.3) is 0 Å². The largest absolute Gasteiger partial charge is 0.480 e. The van der Waals surface area contributed by atoms with Gasteiger partial charge >= 0.3 is 0 Å². The Morgan fingerprint density at radius 1 is 1.22 bits per heavy atom. The topological polar surface area (TPSA) is 99.5 Å². The lowest BCUT2D eigenvalue weighted by Gasteiger charge is -2.18. The number of carbonyl (C=O) groups excluding carboxylic acids is 1. The van der Waals surface area contributed by atoms with E-state index in [0.717, 1.165) is 4.31 Å². The molecule has 0 unspecified atom stereocenters. The minimum atomic E-state index is -3.62. The van der Waals surface area contributed by atoms with Crippen LogP contribution >= 0.6 is 0 Å². The van der Waals surface area contributed by atoms with Crippen molar-refractivity contribution in [2.75, 3.05) is 19.4 Å². The molecule has 0 bridgehead atoms. The van der Waals surface area contributed by atoms with Crippen LogP contribution in [0.5, 0.6) is 5.75 Å².